The Hall–Kier alpha value is -3.52. The number of hydrogen-bond donors (Lipinski definition) is 0. The van der Waals surface area contributed by atoms with Crippen LogP contribution in [0.3, 0.4) is 0 Å². The average Bonchev–Trinajstić information content (AvgIpc) is 2.78. The van der Waals surface area contributed by atoms with Crippen LogP contribution in [0.25, 0.3) is 0 Å². The molecule has 214 valence electrons. The third kappa shape index (κ3) is 8.24. The molecule has 8 heteroatoms. The third-order valence-corrected chi connectivity index (χ3v) is 7.70. The second-order valence-corrected chi connectivity index (χ2v) is 13.7. The summed E-state index contributed by atoms with van der Waals surface area (Å²) in [5, 5.41) is 0. The van der Waals surface area contributed by atoms with E-state index in [1.54, 1.807) is 53.7 Å². The van der Waals surface area contributed by atoms with Gasteiger partial charge in [-0.05, 0) is 116 Å². The molecule has 40 heavy (non-hydrogen) atoms. The SMILES string of the molecule is Cc1cc([S+](c2ccc(F)cc2)c2cc(C)c(OC(=O)OC(C)(C)C)c(C)c2)cc(C)c1OC(=O)OC(C)(C)C. The van der Waals surface area contributed by atoms with Gasteiger partial charge in [-0.15, -0.1) is 0 Å². The maximum absolute atomic E-state index is 13.9. The number of rotatable bonds is 5. The van der Waals surface area contributed by atoms with Crippen LogP contribution in [0.4, 0.5) is 14.0 Å². The van der Waals surface area contributed by atoms with Crippen molar-refractivity contribution in [3.05, 3.63) is 76.6 Å². The van der Waals surface area contributed by atoms with E-state index in [0.29, 0.717) is 11.5 Å². The summed E-state index contributed by atoms with van der Waals surface area (Å²) in [5.74, 6) is 0.553. The minimum absolute atomic E-state index is 0.325. The number of carbonyl (C=O) groups is 2. The van der Waals surface area contributed by atoms with Gasteiger partial charge in [-0.25, -0.2) is 14.0 Å². The van der Waals surface area contributed by atoms with Crippen molar-refractivity contribution in [2.45, 2.75) is 95.1 Å². The van der Waals surface area contributed by atoms with Gasteiger partial charge in [0.1, 0.15) is 28.5 Å². The standard InChI is InChI=1S/C32H38FO6S/c1-19-15-25(16-20(2)27(19)36-29(34)38-31(5,6)7)40(24-13-11-23(33)12-14-24)26-17-21(3)28(22(4)18-26)37-30(35)39-32(8,9)10/h11-18H,1-10H3/q+1. The maximum atomic E-state index is 13.9. The molecule has 0 N–H and O–H groups in total. The molecule has 3 aromatic rings. The molecular formula is C32H38FO6S+. The van der Waals surface area contributed by atoms with E-state index in [0.717, 1.165) is 36.9 Å². The van der Waals surface area contributed by atoms with Crippen LogP contribution in [0, 0.1) is 33.5 Å². The molecule has 0 radical (unpaired) electrons. The van der Waals surface area contributed by atoms with Gasteiger partial charge < -0.3 is 18.9 Å². The zero-order chi connectivity index (χ0) is 30.0. The molecule has 0 amide bonds. The topological polar surface area (TPSA) is 71.1 Å². The fourth-order valence-electron chi connectivity index (χ4n) is 4.07. The Kier molecular flexibility index (Phi) is 9.24. The fraction of sp³-hybridized carbons (Fsp3) is 0.375. The molecule has 0 aromatic heterocycles. The molecule has 0 saturated heterocycles. The molecule has 6 nitrogen and oxygen atoms in total. The molecule has 0 atom stereocenters. The van der Waals surface area contributed by atoms with Crippen molar-refractivity contribution >= 4 is 23.2 Å². The lowest BCUT2D eigenvalue weighted by molar-refractivity contribution is 0.0190. The van der Waals surface area contributed by atoms with Gasteiger partial charge in [-0.3, -0.25) is 0 Å². The van der Waals surface area contributed by atoms with Gasteiger partial charge in [0.2, 0.25) is 0 Å². The molecule has 3 rings (SSSR count). The average molecular weight is 570 g/mol. The van der Waals surface area contributed by atoms with E-state index in [1.807, 2.05) is 52.0 Å². The maximum Gasteiger partial charge on any atom is 0.514 e. The summed E-state index contributed by atoms with van der Waals surface area (Å²) >= 11 is 0. The Balaban J connectivity index is 2.06. The van der Waals surface area contributed by atoms with Crippen LogP contribution in [0.15, 0.2) is 63.2 Å². The van der Waals surface area contributed by atoms with Gasteiger partial charge in [0.25, 0.3) is 0 Å². The van der Waals surface area contributed by atoms with Crippen molar-refractivity contribution in [1.82, 2.24) is 0 Å². The molecule has 0 unspecified atom stereocenters. The highest BCUT2D eigenvalue weighted by molar-refractivity contribution is 7.97. The van der Waals surface area contributed by atoms with Crippen molar-refractivity contribution in [3.63, 3.8) is 0 Å². The highest BCUT2D eigenvalue weighted by Crippen LogP contribution is 2.38. The van der Waals surface area contributed by atoms with Gasteiger partial charge in [-0.1, -0.05) is 0 Å². The van der Waals surface area contributed by atoms with Crippen LogP contribution in [0.1, 0.15) is 63.8 Å². The fourth-order valence-corrected chi connectivity index (χ4v) is 6.47. The summed E-state index contributed by atoms with van der Waals surface area (Å²) in [6, 6.07) is 14.3. The molecular weight excluding hydrogens is 531 g/mol. The number of aryl methyl sites for hydroxylation is 4. The van der Waals surface area contributed by atoms with Gasteiger partial charge >= 0.3 is 12.3 Å². The Morgan fingerprint density at radius 3 is 1.23 bits per heavy atom. The predicted octanol–water partition coefficient (Wildman–Crippen LogP) is 8.78. The molecule has 0 aliphatic rings. The summed E-state index contributed by atoms with van der Waals surface area (Å²) in [7, 11) is -0.648. The number of benzene rings is 3. The van der Waals surface area contributed by atoms with Crippen LogP contribution in [-0.2, 0) is 20.4 Å². The predicted molar refractivity (Wildman–Crippen MR) is 154 cm³/mol. The van der Waals surface area contributed by atoms with Crippen LogP contribution in [0.5, 0.6) is 11.5 Å². The van der Waals surface area contributed by atoms with Crippen molar-refractivity contribution in [3.8, 4) is 11.5 Å². The van der Waals surface area contributed by atoms with Crippen molar-refractivity contribution in [2.75, 3.05) is 0 Å². The van der Waals surface area contributed by atoms with Crippen molar-refractivity contribution in [1.29, 1.82) is 0 Å². The van der Waals surface area contributed by atoms with E-state index in [4.69, 9.17) is 18.9 Å². The number of halogens is 1. The number of ether oxygens (including phenoxy) is 4. The molecule has 3 aromatic carbocycles. The molecule has 0 fully saturated rings. The molecule has 0 aliphatic carbocycles. The lowest BCUT2D eigenvalue weighted by Gasteiger charge is -2.20. The van der Waals surface area contributed by atoms with E-state index >= 15 is 0 Å². The minimum atomic E-state index is -0.768. The third-order valence-electron chi connectivity index (χ3n) is 5.54. The first-order chi connectivity index (χ1) is 18.4. The lowest BCUT2D eigenvalue weighted by atomic mass is 10.1. The first-order valence-electron chi connectivity index (χ1n) is 13.0. The van der Waals surface area contributed by atoms with Crippen LogP contribution < -0.4 is 9.47 Å². The summed E-state index contributed by atoms with van der Waals surface area (Å²) in [6.07, 6.45) is -1.54. The van der Waals surface area contributed by atoms with Crippen molar-refractivity contribution in [2.24, 2.45) is 0 Å². The van der Waals surface area contributed by atoms with Gasteiger partial charge in [0, 0.05) is 24.3 Å². The van der Waals surface area contributed by atoms with E-state index in [2.05, 4.69) is 0 Å². The molecule has 0 bridgehead atoms. The highest BCUT2D eigenvalue weighted by atomic mass is 32.2. The van der Waals surface area contributed by atoms with Crippen LogP contribution >= 0.6 is 0 Å². The Morgan fingerprint density at radius 2 is 0.925 bits per heavy atom. The first-order valence-corrected chi connectivity index (χ1v) is 14.2. The zero-order valence-electron chi connectivity index (χ0n) is 24.9. The first kappa shape index (κ1) is 31.0. The summed E-state index contributed by atoms with van der Waals surface area (Å²) in [6.45, 7) is 18.1. The van der Waals surface area contributed by atoms with E-state index in [9.17, 15) is 14.0 Å². The quantitative estimate of drug-likeness (QED) is 0.174. The van der Waals surface area contributed by atoms with E-state index in [1.165, 1.54) is 12.1 Å². The smallest absolute Gasteiger partial charge is 0.428 e. The normalized spacial score (nSPS) is 11.8. The van der Waals surface area contributed by atoms with Gasteiger partial charge in [0.05, 0.1) is 10.9 Å². The molecule has 0 spiro atoms. The zero-order valence-corrected chi connectivity index (χ0v) is 25.7. The van der Waals surface area contributed by atoms with Crippen LogP contribution in [-0.4, -0.2) is 23.5 Å². The van der Waals surface area contributed by atoms with Gasteiger partial charge in [0.15, 0.2) is 14.7 Å². The van der Waals surface area contributed by atoms with Crippen LogP contribution in [0.2, 0.25) is 0 Å². The molecule has 0 aliphatic heterocycles. The highest BCUT2D eigenvalue weighted by Gasteiger charge is 2.32. The summed E-state index contributed by atoms with van der Waals surface area (Å²) < 4.78 is 35.7. The molecule has 0 heterocycles. The second-order valence-electron chi connectivity index (χ2n) is 11.7. The number of hydrogen-bond acceptors (Lipinski definition) is 6. The second kappa shape index (κ2) is 11.9. The lowest BCUT2D eigenvalue weighted by Crippen LogP contribution is -2.26. The largest absolute Gasteiger partial charge is 0.514 e. The van der Waals surface area contributed by atoms with E-state index < -0.39 is 34.4 Å². The van der Waals surface area contributed by atoms with E-state index in [-0.39, 0.29) is 5.82 Å². The molecule has 0 saturated carbocycles. The van der Waals surface area contributed by atoms with Gasteiger partial charge in [-0.2, -0.15) is 0 Å². The Bertz CT molecular complexity index is 1270. The summed E-state index contributed by atoms with van der Waals surface area (Å²) in [5.41, 5.74) is 1.70. The number of carbonyl (C=O) groups excluding carboxylic acids is 2. The van der Waals surface area contributed by atoms with Crippen molar-refractivity contribution < 1.29 is 32.9 Å². The summed E-state index contributed by atoms with van der Waals surface area (Å²) in [4.78, 5) is 27.5. The Morgan fingerprint density at radius 1 is 0.600 bits per heavy atom. The minimum Gasteiger partial charge on any atom is -0.428 e. The Labute approximate surface area is 239 Å². The monoisotopic (exact) mass is 569 g/mol.